The van der Waals surface area contributed by atoms with Gasteiger partial charge in [-0.15, -0.1) is 0 Å². The van der Waals surface area contributed by atoms with Crippen LogP contribution < -0.4 is 11.2 Å². The van der Waals surface area contributed by atoms with Gasteiger partial charge in [0.15, 0.2) is 0 Å². The van der Waals surface area contributed by atoms with Crippen molar-refractivity contribution < 1.29 is 0 Å². The molecule has 29 heavy (non-hydrogen) atoms. The van der Waals surface area contributed by atoms with Crippen LogP contribution in [-0.2, 0) is 20.1 Å². The lowest BCUT2D eigenvalue weighted by Crippen LogP contribution is -2.37. The van der Waals surface area contributed by atoms with E-state index in [4.69, 9.17) is 0 Å². The van der Waals surface area contributed by atoms with E-state index in [0.717, 1.165) is 42.9 Å². The molecule has 1 aliphatic rings. The summed E-state index contributed by atoms with van der Waals surface area (Å²) < 4.78 is 3.05. The van der Waals surface area contributed by atoms with Crippen molar-refractivity contribution in [3.05, 3.63) is 75.5 Å². The summed E-state index contributed by atoms with van der Waals surface area (Å²) in [5.74, 6) is 0.403. The average molecular weight is 392 g/mol. The summed E-state index contributed by atoms with van der Waals surface area (Å²) >= 11 is 0. The fraction of sp³-hybridized carbons (Fsp3) is 0.381. The summed E-state index contributed by atoms with van der Waals surface area (Å²) in [5.41, 5.74) is 2.23. The van der Waals surface area contributed by atoms with Crippen molar-refractivity contribution in [3.63, 3.8) is 0 Å². The lowest BCUT2D eigenvalue weighted by molar-refractivity contribution is 0.162. The number of aryl methyl sites for hydroxylation is 1. The SMILES string of the molecule is Cn1ccc(CN2CCC(Cn3nc(-c4ccncc4)ccc3=O)CC2)nc1=O. The highest BCUT2D eigenvalue weighted by molar-refractivity contribution is 5.56. The van der Waals surface area contributed by atoms with Gasteiger partial charge in [-0.25, -0.2) is 9.48 Å². The first-order valence-corrected chi connectivity index (χ1v) is 9.82. The Labute approximate surface area is 168 Å². The number of piperidine rings is 1. The molecule has 0 amide bonds. The first-order chi connectivity index (χ1) is 14.1. The summed E-state index contributed by atoms with van der Waals surface area (Å²) in [5, 5.41) is 4.56. The van der Waals surface area contributed by atoms with Gasteiger partial charge < -0.3 is 4.57 Å². The Balaban J connectivity index is 1.38. The van der Waals surface area contributed by atoms with Crippen molar-refractivity contribution in [2.75, 3.05) is 13.1 Å². The molecule has 0 bridgehead atoms. The zero-order chi connectivity index (χ0) is 20.2. The van der Waals surface area contributed by atoms with E-state index in [0.29, 0.717) is 19.0 Å². The van der Waals surface area contributed by atoms with E-state index in [1.165, 1.54) is 4.57 Å². The van der Waals surface area contributed by atoms with Gasteiger partial charge in [0.2, 0.25) is 0 Å². The molecule has 8 nitrogen and oxygen atoms in total. The van der Waals surface area contributed by atoms with E-state index in [2.05, 4.69) is 20.0 Å². The number of likely N-dealkylation sites (tertiary alicyclic amines) is 1. The first kappa shape index (κ1) is 19.2. The highest BCUT2D eigenvalue weighted by Gasteiger charge is 2.21. The second-order valence-corrected chi connectivity index (χ2v) is 7.51. The van der Waals surface area contributed by atoms with Gasteiger partial charge in [0.1, 0.15) is 0 Å². The highest BCUT2D eigenvalue weighted by Crippen LogP contribution is 2.20. The van der Waals surface area contributed by atoms with Gasteiger partial charge >= 0.3 is 5.69 Å². The van der Waals surface area contributed by atoms with Crippen LogP contribution in [0, 0.1) is 5.92 Å². The Bertz CT molecular complexity index is 1080. The number of hydrogen-bond acceptors (Lipinski definition) is 6. The zero-order valence-corrected chi connectivity index (χ0v) is 16.4. The number of rotatable bonds is 5. The normalized spacial score (nSPS) is 15.5. The van der Waals surface area contributed by atoms with Crippen molar-refractivity contribution >= 4 is 0 Å². The molecule has 0 spiro atoms. The Hall–Kier alpha value is -3.13. The molecule has 0 saturated carbocycles. The van der Waals surface area contributed by atoms with Gasteiger partial charge in [-0.3, -0.25) is 14.7 Å². The molecule has 3 aromatic rings. The number of aromatic nitrogens is 5. The Morgan fingerprint density at radius 1 is 1.03 bits per heavy atom. The molecule has 1 fully saturated rings. The van der Waals surface area contributed by atoms with Gasteiger partial charge in [0.05, 0.1) is 11.4 Å². The molecule has 150 valence electrons. The predicted octanol–water partition coefficient (Wildman–Crippen LogP) is 1.31. The minimum absolute atomic E-state index is 0.0745. The molecule has 4 rings (SSSR count). The smallest absolute Gasteiger partial charge is 0.302 e. The molecule has 0 aromatic carbocycles. The maximum absolute atomic E-state index is 12.3. The standard InChI is InChI=1S/C21H24N6O2/c1-25-11-8-18(23-21(25)29)15-26-12-6-16(7-13-26)14-27-20(28)3-2-19(24-27)17-4-9-22-10-5-17/h2-5,8-11,16H,6-7,12-15H2,1H3. The topological polar surface area (TPSA) is 85.9 Å². The summed E-state index contributed by atoms with van der Waals surface area (Å²) in [6, 6.07) is 9.01. The van der Waals surface area contributed by atoms with Crippen LogP contribution in [0.2, 0.25) is 0 Å². The van der Waals surface area contributed by atoms with Gasteiger partial charge in [0.25, 0.3) is 5.56 Å². The number of nitrogens with zero attached hydrogens (tertiary/aromatic N) is 6. The molecule has 0 unspecified atom stereocenters. The predicted molar refractivity (Wildman–Crippen MR) is 109 cm³/mol. The van der Waals surface area contributed by atoms with Gasteiger partial charge in [-0.1, -0.05) is 0 Å². The highest BCUT2D eigenvalue weighted by atomic mass is 16.1. The van der Waals surface area contributed by atoms with Crippen LogP contribution in [-0.4, -0.2) is 42.3 Å². The van der Waals surface area contributed by atoms with Gasteiger partial charge in [-0.2, -0.15) is 10.1 Å². The monoisotopic (exact) mass is 392 g/mol. The third kappa shape index (κ3) is 4.65. The van der Waals surface area contributed by atoms with E-state index in [-0.39, 0.29) is 11.2 Å². The van der Waals surface area contributed by atoms with E-state index in [9.17, 15) is 9.59 Å². The average Bonchev–Trinajstić information content (AvgIpc) is 2.74. The Morgan fingerprint density at radius 2 is 1.79 bits per heavy atom. The molecule has 0 radical (unpaired) electrons. The molecule has 4 heterocycles. The van der Waals surface area contributed by atoms with E-state index >= 15 is 0 Å². The fourth-order valence-electron chi connectivity index (χ4n) is 3.65. The van der Waals surface area contributed by atoms with Crippen molar-refractivity contribution in [3.8, 4) is 11.3 Å². The minimum Gasteiger partial charge on any atom is -0.302 e. The van der Waals surface area contributed by atoms with E-state index in [1.807, 2.05) is 18.2 Å². The van der Waals surface area contributed by atoms with Crippen molar-refractivity contribution in [2.45, 2.75) is 25.9 Å². The fourth-order valence-corrected chi connectivity index (χ4v) is 3.65. The number of pyridine rings is 1. The molecule has 8 heteroatoms. The second-order valence-electron chi connectivity index (χ2n) is 7.51. The van der Waals surface area contributed by atoms with Crippen LogP contribution in [0.1, 0.15) is 18.5 Å². The summed E-state index contributed by atoms with van der Waals surface area (Å²) in [6.45, 7) is 3.13. The van der Waals surface area contributed by atoms with Crippen LogP contribution in [0.5, 0.6) is 0 Å². The van der Waals surface area contributed by atoms with Crippen molar-refractivity contribution in [1.29, 1.82) is 0 Å². The second kappa shape index (κ2) is 8.48. The van der Waals surface area contributed by atoms with Crippen LogP contribution in [0.25, 0.3) is 11.3 Å². The molecule has 0 N–H and O–H groups in total. The largest absolute Gasteiger partial charge is 0.347 e. The summed E-state index contributed by atoms with van der Waals surface area (Å²) in [6.07, 6.45) is 7.17. The quantitative estimate of drug-likeness (QED) is 0.651. The Kier molecular flexibility index (Phi) is 5.62. The lowest BCUT2D eigenvalue weighted by Gasteiger charge is -2.31. The minimum atomic E-state index is -0.225. The molecular weight excluding hydrogens is 368 g/mol. The maximum Gasteiger partial charge on any atom is 0.347 e. The summed E-state index contributed by atoms with van der Waals surface area (Å²) in [7, 11) is 1.70. The molecule has 3 aromatic heterocycles. The van der Waals surface area contributed by atoms with Gasteiger partial charge in [0, 0.05) is 50.4 Å². The molecule has 1 saturated heterocycles. The maximum atomic E-state index is 12.3. The van der Waals surface area contributed by atoms with Crippen molar-refractivity contribution in [1.82, 2.24) is 29.2 Å². The first-order valence-electron chi connectivity index (χ1n) is 9.82. The van der Waals surface area contributed by atoms with Crippen LogP contribution >= 0.6 is 0 Å². The summed E-state index contributed by atoms with van der Waals surface area (Å²) in [4.78, 5) is 34.4. The number of hydrogen-bond donors (Lipinski definition) is 0. The van der Waals surface area contributed by atoms with Gasteiger partial charge in [-0.05, 0) is 56.1 Å². The molecular formula is C21H24N6O2. The lowest BCUT2D eigenvalue weighted by atomic mass is 9.96. The molecule has 1 aliphatic heterocycles. The third-order valence-electron chi connectivity index (χ3n) is 5.40. The van der Waals surface area contributed by atoms with Crippen LogP contribution in [0.15, 0.2) is 58.5 Å². The molecule has 0 atom stereocenters. The molecule has 0 aliphatic carbocycles. The van der Waals surface area contributed by atoms with Crippen LogP contribution in [0.3, 0.4) is 0 Å². The van der Waals surface area contributed by atoms with E-state index in [1.54, 1.807) is 42.5 Å². The Morgan fingerprint density at radius 3 is 2.52 bits per heavy atom. The van der Waals surface area contributed by atoms with E-state index < -0.39 is 0 Å². The zero-order valence-electron chi connectivity index (χ0n) is 16.4. The van der Waals surface area contributed by atoms with Crippen molar-refractivity contribution in [2.24, 2.45) is 13.0 Å². The third-order valence-corrected chi connectivity index (χ3v) is 5.40. The van der Waals surface area contributed by atoms with Crippen LogP contribution in [0.4, 0.5) is 0 Å².